The Balaban J connectivity index is 1.94. The van der Waals surface area contributed by atoms with Crippen LogP contribution >= 0.6 is 0 Å². The van der Waals surface area contributed by atoms with Gasteiger partial charge in [0.1, 0.15) is 0 Å². The van der Waals surface area contributed by atoms with Gasteiger partial charge in [0, 0.05) is 19.1 Å². The van der Waals surface area contributed by atoms with Gasteiger partial charge in [0.25, 0.3) is 0 Å². The minimum atomic E-state index is -4.71. The molecule has 22 heavy (non-hydrogen) atoms. The summed E-state index contributed by atoms with van der Waals surface area (Å²) in [5, 5.41) is 0. The molecule has 1 aliphatic heterocycles. The summed E-state index contributed by atoms with van der Waals surface area (Å²) in [4.78, 5) is -0.689. The van der Waals surface area contributed by atoms with E-state index in [9.17, 15) is 21.6 Å². The minimum Gasteiger partial charge on any atom is -0.326 e. The fourth-order valence-corrected chi connectivity index (χ4v) is 4.83. The monoisotopic (exact) mass is 334 g/mol. The third-order valence-corrected chi connectivity index (χ3v) is 6.31. The molecule has 2 aliphatic rings. The summed E-state index contributed by atoms with van der Waals surface area (Å²) in [7, 11) is -4.19. The molecule has 1 aromatic rings. The lowest BCUT2D eigenvalue weighted by Gasteiger charge is -2.19. The van der Waals surface area contributed by atoms with Crippen molar-refractivity contribution in [3.05, 3.63) is 29.8 Å². The predicted molar refractivity (Wildman–Crippen MR) is 74.4 cm³/mol. The van der Waals surface area contributed by atoms with E-state index in [4.69, 9.17) is 5.73 Å². The summed E-state index contributed by atoms with van der Waals surface area (Å²) in [5.74, 6) is 0.459. The second-order valence-corrected chi connectivity index (χ2v) is 7.89. The van der Waals surface area contributed by atoms with Crippen molar-refractivity contribution in [2.24, 2.45) is 17.6 Å². The quantitative estimate of drug-likeness (QED) is 0.920. The van der Waals surface area contributed by atoms with Gasteiger partial charge in [-0.1, -0.05) is 12.1 Å². The molecule has 122 valence electrons. The molecule has 0 amide bonds. The molecule has 0 aromatic heterocycles. The van der Waals surface area contributed by atoms with Crippen molar-refractivity contribution in [3.63, 3.8) is 0 Å². The van der Waals surface area contributed by atoms with Crippen molar-refractivity contribution in [3.8, 4) is 0 Å². The number of nitrogens with zero attached hydrogens (tertiary/aromatic N) is 1. The molecule has 1 saturated heterocycles. The van der Waals surface area contributed by atoms with E-state index in [-0.39, 0.29) is 25.0 Å². The van der Waals surface area contributed by atoms with Crippen LogP contribution in [-0.2, 0) is 16.2 Å². The Morgan fingerprint density at radius 3 is 2.36 bits per heavy atom. The van der Waals surface area contributed by atoms with Crippen molar-refractivity contribution in [2.45, 2.75) is 30.0 Å². The zero-order chi connectivity index (χ0) is 16.1. The Morgan fingerprint density at radius 1 is 1.14 bits per heavy atom. The molecule has 1 heterocycles. The molecule has 2 atom stereocenters. The van der Waals surface area contributed by atoms with Crippen LogP contribution in [0.5, 0.6) is 0 Å². The van der Waals surface area contributed by atoms with Gasteiger partial charge in [-0.15, -0.1) is 0 Å². The van der Waals surface area contributed by atoms with Gasteiger partial charge < -0.3 is 5.73 Å². The van der Waals surface area contributed by atoms with Gasteiger partial charge in [0.05, 0.1) is 10.5 Å². The van der Waals surface area contributed by atoms with Crippen LogP contribution in [0.4, 0.5) is 13.2 Å². The summed E-state index contributed by atoms with van der Waals surface area (Å²) in [6.07, 6.45) is -2.67. The number of halogens is 3. The molecule has 8 heteroatoms. The highest BCUT2D eigenvalue weighted by atomic mass is 32.2. The van der Waals surface area contributed by atoms with Crippen LogP contribution in [-0.4, -0.2) is 31.9 Å². The zero-order valence-corrected chi connectivity index (χ0v) is 12.6. The SMILES string of the molecule is N[C@H]1CN(S(=O)(=O)c2ccccc2C(F)(F)F)C[C@@H]1C1CC1. The van der Waals surface area contributed by atoms with E-state index in [1.165, 1.54) is 12.1 Å². The first kappa shape index (κ1) is 15.8. The Labute approximate surface area is 127 Å². The standard InChI is InChI=1S/C14H17F3N2O2S/c15-14(16,17)11-3-1-2-4-13(11)22(20,21)19-7-10(9-5-6-9)12(18)8-19/h1-4,9-10,12H,5-8,18H2/t10-,12+/m1/s1. The third kappa shape index (κ3) is 2.75. The van der Waals surface area contributed by atoms with Gasteiger partial charge in [-0.05, 0) is 36.8 Å². The predicted octanol–water partition coefficient (Wildman–Crippen LogP) is 2.06. The lowest BCUT2D eigenvalue weighted by atomic mass is 9.99. The maximum absolute atomic E-state index is 13.0. The number of hydrogen-bond donors (Lipinski definition) is 1. The van der Waals surface area contributed by atoms with Crippen LogP contribution in [0, 0.1) is 11.8 Å². The van der Waals surface area contributed by atoms with Crippen LogP contribution in [0.3, 0.4) is 0 Å². The van der Waals surface area contributed by atoms with E-state index in [2.05, 4.69) is 0 Å². The molecule has 0 spiro atoms. The number of benzene rings is 1. The molecular weight excluding hydrogens is 317 g/mol. The van der Waals surface area contributed by atoms with E-state index in [1.807, 2.05) is 0 Å². The summed E-state index contributed by atoms with van der Waals surface area (Å²) in [6.45, 7) is 0.288. The maximum atomic E-state index is 13.0. The number of sulfonamides is 1. The number of alkyl halides is 3. The van der Waals surface area contributed by atoms with Crippen LogP contribution in [0.15, 0.2) is 29.2 Å². The Hall–Kier alpha value is -1.12. The second-order valence-electron chi connectivity index (χ2n) is 5.98. The van der Waals surface area contributed by atoms with Crippen LogP contribution in [0.1, 0.15) is 18.4 Å². The van der Waals surface area contributed by atoms with Gasteiger partial charge in [-0.3, -0.25) is 0 Å². The van der Waals surface area contributed by atoms with Crippen molar-refractivity contribution < 1.29 is 21.6 Å². The van der Waals surface area contributed by atoms with Gasteiger partial charge in [-0.25, -0.2) is 8.42 Å². The van der Waals surface area contributed by atoms with E-state index in [1.54, 1.807) is 0 Å². The largest absolute Gasteiger partial charge is 0.417 e. The number of rotatable bonds is 3. The molecule has 2 fully saturated rings. The second kappa shape index (κ2) is 5.21. The van der Waals surface area contributed by atoms with Gasteiger partial charge in [0.15, 0.2) is 0 Å². The molecule has 0 bridgehead atoms. The molecule has 0 radical (unpaired) electrons. The van der Waals surface area contributed by atoms with Crippen molar-refractivity contribution in [2.75, 3.05) is 13.1 Å². The van der Waals surface area contributed by atoms with Crippen molar-refractivity contribution >= 4 is 10.0 Å². The van der Waals surface area contributed by atoms with E-state index >= 15 is 0 Å². The fraction of sp³-hybridized carbons (Fsp3) is 0.571. The summed E-state index contributed by atoms with van der Waals surface area (Å²) in [5.41, 5.74) is 4.85. The summed E-state index contributed by atoms with van der Waals surface area (Å²) >= 11 is 0. The Morgan fingerprint density at radius 2 is 1.77 bits per heavy atom. The van der Waals surface area contributed by atoms with E-state index in [0.717, 1.165) is 29.3 Å². The van der Waals surface area contributed by atoms with Gasteiger partial charge in [0.2, 0.25) is 10.0 Å². The van der Waals surface area contributed by atoms with Crippen molar-refractivity contribution in [1.29, 1.82) is 0 Å². The highest BCUT2D eigenvalue weighted by Crippen LogP contribution is 2.43. The molecule has 0 unspecified atom stereocenters. The average molecular weight is 334 g/mol. The van der Waals surface area contributed by atoms with Crippen LogP contribution < -0.4 is 5.73 Å². The Kier molecular flexibility index (Phi) is 3.73. The first-order chi connectivity index (χ1) is 10.2. The first-order valence-corrected chi connectivity index (χ1v) is 8.57. The smallest absolute Gasteiger partial charge is 0.326 e. The van der Waals surface area contributed by atoms with Crippen molar-refractivity contribution in [1.82, 2.24) is 4.31 Å². The third-order valence-electron chi connectivity index (χ3n) is 4.42. The fourth-order valence-electron chi connectivity index (χ4n) is 3.10. The van der Waals surface area contributed by atoms with Crippen LogP contribution in [0.25, 0.3) is 0 Å². The highest BCUT2D eigenvalue weighted by molar-refractivity contribution is 7.89. The molecule has 1 aromatic carbocycles. The minimum absolute atomic E-state index is 0.0489. The van der Waals surface area contributed by atoms with Gasteiger partial charge >= 0.3 is 6.18 Å². The molecule has 3 rings (SSSR count). The van der Waals surface area contributed by atoms with E-state index < -0.39 is 26.7 Å². The van der Waals surface area contributed by atoms with E-state index in [0.29, 0.717) is 5.92 Å². The molecular formula is C14H17F3N2O2S. The molecule has 1 saturated carbocycles. The normalized spacial score (nSPS) is 27.3. The zero-order valence-electron chi connectivity index (χ0n) is 11.8. The molecule has 4 nitrogen and oxygen atoms in total. The summed E-state index contributed by atoms with van der Waals surface area (Å²) < 4.78 is 65.5. The topological polar surface area (TPSA) is 63.4 Å². The van der Waals surface area contributed by atoms with Crippen LogP contribution in [0.2, 0.25) is 0 Å². The average Bonchev–Trinajstić information content (AvgIpc) is 3.20. The molecule has 2 N–H and O–H groups in total. The first-order valence-electron chi connectivity index (χ1n) is 7.13. The maximum Gasteiger partial charge on any atom is 0.417 e. The number of nitrogens with two attached hydrogens (primary N) is 1. The van der Waals surface area contributed by atoms with Gasteiger partial charge in [-0.2, -0.15) is 17.5 Å². The number of hydrogen-bond acceptors (Lipinski definition) is 3. The lowest BCUT2D eigenvalue weighted by Crippen LogP contribution is -2.33. The highest BCUT2D eigenvalue weighted by Gasteiger charge is 2.46. The Bertz CT molecular complexity index is 671. The summed E-state index contributed by atoms with van der Waals surface area (Å²) in [6, 6.07) is 3.98. The lowest BCUT2D eigenvalue weighted by molar-refractivity contribution is -0.139. The molecule has 1 aliphatic carbocycles.